The molecule has 1 heteroatoms. The molecule has 0 spiro atoms. The first-order valence-corrected chi connectivity index (χ1v) is 6.03. The normalized spacial score (nSPS) is 21.0. The third-order valence-corrected chi connectivity index (χ3v) is 3.63. The van der Waals surface area contributed by atoms with Crippen molar-refractivity contribution in [2.24, 2.45) is 5.92 Å². The lowest BCUT2D eigenvalue weighted by Gasteiger charge is -2.34. The summed E-state index contributed by atoms with van der Waals surface area (Å²) in [7, 11) is 0. The van der Waals surface area contributed by atoms with Gasteiger partial charge in [0.25, 0.3) is 0 Å². The molecule has 1 aromatic rings. The van der Waals surface area contributed by atoms with E-state index in [4.69, 9.17) is 6.42 Å². The van der Waals surface area contributed by atoms with Gasteiger partial charge in [-0.2, -0.15) is 0 Å². The van der Waals surface area contributed by atoms with Crippen LogP contribution in [0.5, 0.6) is 0 Å². The molecule has 0 radical (unpaired) electrons. The van der Waals surface area contributed by atoms with E-state index in [1.54, 1.807) is 0 Å². The van der Waals surface area contributed by atoms with Crippen LogP contribution in [0.25, 0.3) is 0 Å². The topological polar surface area (TPSA) is 20.2 Å². The van der Waals surface area contributed by atoms with Crippen LogP contribution in [0.3, 0.4) is 0 Å². The van der Waals surface area contributed by atoms with Gasteiger partial charge in [-0.3, -0.25) is 0 Å². The summed E-state index contributed by atoms with van der Waals surface area (Å²) in [6.45, 7) is 0. The summed E-state index contributed by atoms with van der Waals surface area (Å²) in [6, 6.07) is 9.66. The molecule has 16 heavy (non-hydrogen) atoms. The molecular weight excluding hydrogens is 196 g/mol. The first kappa shape index (κ1) is 11.2. The second-order valence-corrected chi connectivity index (χ2v) is 4.61. The Morgan fingerprint density at radius 1 is 1.12 bits per heavy atom. The van der Waals surface area contributed by atoms with Gasteiger partial charge in [0.05, 0.1) is 0 Å². The maximum absolute atomic E-state index is 10.7. The molecule has 1 aliphatic rings. The lowest BCUT2D eigenvalue weighted by Crippen LogP contribution is -2.34. The Morgan fingerprint density at radius 3 is 2.31 bits per heavy atom. The van der Waals surface area contributed by atoms with Crippen molar-refractivity contribution in [2.45, 2.75) is 37.7 Å². The molecule has 84 valence electrons. The Bertz CT molecular complexity index is 370. The Kier molecular flexibility index (Phi) is 3.31. The Morgan fingerprint density at radius 2 is 1.75 bits per heavy atom. The van der Waals surface area contributed by atoms with Crippen LogP contribution in [0.1, 0.15) is 37.7 Å². The number of hydrogen-bond donors (Lipinski definition) is 1. The fraction of sp³-hybridized carbons (Fsp3) is 0.467. The maximum Gasteiger partial charge on any atom is 0.153 e. The molecule has 1 aliphatic carbocycles. The van der Waals surface area contributed by atoms with Gasteiger partial charge in [-0.1, -0.05) is 55.5 Å². The number of aliphatic hydroxyl groups is 1. The van der Waals surface area contributed by atoms with Crippen molar-refractivity contribution in [1.29, 1.82) is 0 Å². The first-order valence-electron chi connectivity index (χ1n) is 6.03. The Balaban J connectivity index is 2.29. The highest BCUT2D eigenvalue weighted by Crippen LogP contribution is 2.38. The third-order valence-electron chi connectivity index (χ3n) is 3.63. The van der Waals surface area contributed by atoms with Crippen LogP contribution < -0.4 is 0 Å². The lowest BCUT2D eigenvalue weighted by molar-refractivity contribution is 0.0161. The molecule has 0 amide bonds. The van der Waals surface area contributed by atoms with Crippen LogP contribution >= 0.6 is 0 Å². The number of rotatable bonds is 2. The SMILES string of the molecule is C#C[C@@](O)(c1ccccc1)C1CCCCC1. The largest absolute Gasteiger partial charge is 0.373 e. The van der Waals surface area contributed by atoms with Crippen LogP contribution in [0.4, 0.5) is 0 Å². The summed E-state index contributed by atoms with van der Waals surface area (Å²) in [5.41, 5.74) is -0.203. The summed E-state index contributed by atoms with van der Waals surface area (Å²) in [4.78, 5) is 0. The molecule has 0 unspecified atom stereocenters. The van der Waals surface area contributed by atoms with Crippen LogP contribution in [-0.2, 0) is 5.60 Å². The number of hydrogen-bond acceptors (Lipinski definition) is 1. The monoisotopic (exact) mass is 214 g/mol. The van der Waals surface area contributed by atoms with Gasteiger partial charge < -0.3 is 5.11 Å². The molecule has 1 aromatic carbocycles. The standard InChI is InChI=1S/C15H18O/c1-2-15(16,13-9-5-3-6-10-13)14-11-7-4-8-12-14/h1,3,5-6,9-10,14,16H,4,7-8,11-12H2/t15-/m1/s1. The molecule has 0 saturated heterocycles. The van der Waals surface area contributed by atoms with E-state index < -0.39 is 5.60 Å². The summed E-state index contributed by atoms with van der Waals surface area (Å²) < 4.78 is 0. The highest BCUT2D eigenvalue weighted by atomic mass is 16.3. The minimum Gasteiger partial charge on any atom is -0.373 e. The summed E-state index contributed by atoms with van der Waals surface area (Å²) in [6.07, 6.45) is 11.3. The second kappa shape index (κ2) is 4.72. The van der Waals surface area contributed by atoms with E-state index in [2.05, 4.69) is 5.92 Å². The summed E-state index contributed by atoms with van der Waals surface area (Å²) in [5, 5.41) is 10.7. The van der Waals surface area contributed by atoms with Gasteiger partial charge in [0, 0.05) is 5.92 Å². The average molecular weight is 214 g/mol. The van der Waals surface area contributed by atoms with E-state index in [9.17, 15) is 5.11 Å². The average Bonchev–Trinajstić information content (AvgIpc) is 2.40. The van der Waals surface area contributed by atoms with E-state index in [0.29, 0.717) is 0 Å². The van der Waals surface area contributed by atoms with Crippen molar-refractivity contribution < 1.29 is 5.11 Å². The molecule has 1 fully saturated rings. The van der Waals surface area contributed by atoms with Crippen molar-refractivity contribution in [1.82, 2.24) is 0 Å². The molecule has 0 aromatic heterocycles. The maximum atomic E-state index is 10.7. The van der Waals surface area contributed by atoms with E-state index in [1.807, 2.05) is 30.3 Å². The minimum absolute atomic E-state index is 0.216. The second-order valence-electron chi connectivity index (χ2n) is 4.61. The van der Waals surface area contributed by atoms with Gasteiger partial charge in [0.15, 0.2) is 5.60 Å². The quantitative estimate of drug-likeness (QED) is 0.750. The fourth-order valence-electron chi connectivity index (χ4n) is 2.65. The number of benzene rings is 1. The van der Waals surface area contributed by atoms with E-state index in [0.717, 1.165) is 18.4 Å². The van der Waals surface area contributed by atoms with E-state index >= 15 is 0 Å². The molecule has 2 rings (SSSR count). The summed E-state index contributed by atoms with van der Waals surface area (Å²) >= 11 is 0. The molecule has 1 nitrogen and oxygen atoms in total. The molecule has 1 N–H and O–H groups in total. The molecular formula is C15H18O. The van der Waals surface area contributed by atoms with E-state index in [-0.39, 0.29) is 5.92 Å². The van der Waals surface area contributed by atoms with Crippen LogP contribution in [0.2, 0.25) is 0 Å². The van der Waals surface area contributed by atoms with Crippen LogP contribution in [0, 0.1) is 18.3 Å². The molecule has 1 atom stereocenters. The predicted molar refractivity (Wildman–Crippen MR) is 65.7 cm³/mol. The van der Waals surface area contributed by atoms with Gasteiger partial charge >= 0.3 is 0 Å². The van der Waals surface area contributed by atoms with Crippen LogP contribution in [-0.4, -0.2) is 5.11 Å². The smallest absolute Gasteiger partial charge is 0.153 e. The first-order chi connectivity index (χ1) is 7.77. The van der Waals surface area contributed by atoms with Gasteiger partial charge in [-0.15, -0.1) is 6.42 Å². The fourth-order valence-corrected chi connectivity index (χ4v) is 2.65. The van der Waals surface area contributed by atoms with Crippen molar-refractivity contribution >= 4 is 0 Å². The van der Waals surface area contributed by atoms with Crippen molar-refractivity contribution in [2.75, 3.05) is 0 Å². The van der Waals surface area contributed by atoms with Crippen molar-refractivity contribution in [3.8, 4) is 12.3 Å². The van der Waals surface area contributed by atoms with Gasteiger partial charge in [0.1, 0.15) is 0 Å². The predicted octanol–water partition coefficient (Wildman–Crippen LogP) is 3.09. The summed E-state index contributed by atoms with van der Waals surface area (Å²) in [5.74, 6) is 2.84. The minimum atomic E-state index is -1.07. The highest BCUT2D eigenvalue weighted by molar-refractivity contribution is 5.31. The van der Waals surface area contributed by atoms with Gasteiger partial charge in [-0.05, 0) is 18.4 Å². The lowest BCUT2D eigenvalue weighted by atomic mass is 9.74. The molecule has 0 aliphatic heterocycles. The van der Waals surface area contributed by atoms with E-state index in [1.165, 1.54) is 19.3 Å². The van der Waals surface area contributed by atoms with Gasteiger partial charge in [0.2, 0.25) is 0 Å². The van der Waals surface area contributed by atoms with Gasteiger partial charge in [-0.25, -0.2) is 0 Å². The Labute approximate surface area is 97.5 Å². The Hall–Kier alpha value is -1.26. The zero-order chi connectivity index (χ0) is 11.4. The molecule has 0 heterocycles. The highest BCUT2D eigenvalue weighted by Gasteiger charge is 2.36. The van der Waals surface area contributed by atoms with Crippen LogP contribution in [0.15, 0.2) is 30.3 Å². The third kappa shape index (κ3) is 1.99. The molecule has 0 bridgehead atoms. The number of terminal acetylenes is 1. The zero-order valence-electron chi connectivity index (χ0n) is 9.52. The molecule has 1 saturated carbocycles. The van der Waals surface area contributed by atoms with Crippen molar-refractivity contribution in [3.05, 3.63) is 35.9 Å². The van der Waals surface area contributed by atoms with Crippen molar-refractivity contribution in [3.63, 3.8) is 0 Å². The zero-order valence-corrected chi connectivity index (χ0v) is 9.52.